The first-order valence-electron chi connectivity index (χ1n) is 12.3. The fourth-order valence-electron chi connectivity index (χ4n) is 4.61. The van der Waals surface area contributed by atoms with Crippen molar-refractivity contribution in [2.75, 3.05) is 26.2 Å². The third kappa shape index (κ3) is 6.27. The monoisotopic (exact) mass is 487 g/mol. The molecule has 0 bridgehead atoms. The Labute approximate surface area is 211 Å². The van der Waals surface area contributed by atoms with Crippen LogP contribution in [-0.4, -0.2) is 36.2 Å². The summed E-state index contributed by atoms with van der Waals surface area (Å²) in [5.74, 6) is 1.19. The fraction of sp³-hybridized carbons (Fsp3) is 0.267. The van der Waals surface area contributed by atoms with Crippen LogP contribution in [0.25, 0.3) is 22.6 Å². The molecular formula is C30H30ClNO3. The minimum Gasteiger partial charge on any atom is -0.508 e. The number of rotatable bonds is 9. The summed E-state index contributed by atoms with van der Waals surface area (Å²) in [7, 11) is 0. The molecule has 5 rings (SSSR count). The van der Waals surface area contributed by atoms with Gasteiger partial charge in [-0.15, -0.1) is 0 Å². The quantitative estimate of drug-likeness (QED) is 0.249. The predicted octanol–water partition coefficient (Wildman–Crippen LogP) is 7.44. The minimum atomic E-state index is 0.265. The van der Waals surface area contributed by atoms with Crippen LogP contribution in [0.1, 0.15) is 36.0 Å². The van der Waals surface area contributed by atoms with E-state index in [9.17, 15) is 5.11 Å². The number of halogens is 1. The Morgan fingerprint density at radius 2 is 1.74 bits per heavy atom. The molecule has 3 aromatic carbocycles. The largest absolute Gasteiger partial charge is 0.508 e. The lowest BCUT2D eigenvalue weighted by Gasteiger charge is -2.15. The lowest BCUT2D eigenvalue weighted by Crippen LogP contribution is -2.25. The zero-order valence-corrected chi connectivity index (χ0v) is 20.5. The highest BCUT2D eigenvalue weighted by atomic mass is 35.5. The lowest BCUT2D eigenvalue weighted by molar-refractivity contribution is 0.238. The van der Waals surface area contributed by atoms with Crippen molar-refractivity contribution in [3.05, 3.63) is 94.7 Å². The maximum Gasteiger partial charge on any atom is 0.194 e. The van der Waals surface area contributed by atoms with Gasteiger partial charge in [0.25, 0.3) is 0 Å². The number of ether oxygens (including phenoxy) is 1. The predicted molar refractivity (Wildman–Crippen MR) is 143 cm³/mol. The summed E-state index contributed by atoms with van der Waals surface area (Å²) in [6, 6.07) is 23.7. The summed E-state index contributed by atoms with van der Waals surface area (Å²) in [6.45, 7) is 4.13. The average Bonchev–Trinajstić information content (AvgIpc) is 3.52. The smallest absolute Gasteiger partial charge is 0.194 e. The highest BCUT2D eigenvalue weighted by molar-refractivity contribution is 6.29. The second-order valence-corrected chi connectivity index (χ2v) is 9.48. The minimum absolute atomic E-state index is 0.265. The highest BCUT2D eigenvalue weighted by Gasteiger charge is 2.11. The number of allylic oxidation sites excluding steroid dienone is 1. The number of nitrogens with zero attached hydrogens (tertiary/aromatic N) is 1. The Bertz CT molecular complexity index is 1290. The van der Waals surface area contributed by atoms with Gasteiger partial charge in [-0.25, -0.2) is 0 Å². The zero-order chi connectivity index (χ0) is 24.0. The molecule has 1 aromatic heterocycles. The fourth-order valence-corrected chi connectivity index (χ4v) is 4.81. The van der Waals surface area contributed by atoms with Gasteiger partial charge < -0.3 is 14.3 Å². The van der Waals surface area contributed by atoms with Crippen LogP contribution in [0.4, 0.5) is 0 Å². The van der Waals surface area contributed by atoms with Crippen molar-refractivity contribution in [3.8, 4) is 11.5 Å². The molecule has 1 saturated heterocycles. The number of phenols is 1. The van der Waals surface area contributed by atoms with E-state index in [2.05, 4.69) is 47.4 Å². The molecule has 4 nitrogen and oxygen atoms in total. The summed E-state index contributed by atoms with van der Waals surface area (Å²) in [5.41, 5.74) is 5.43. The van der Waals surface area contributed by atoms with Gasteiger partial charge in [0, 0.05) is 18.0 Å². The van der Waals surface area contributed by atoms with Crippen molar-refractivity contribution >= 4 is 34.2 Å². The Morgan fingerprint density at radius 3 is 2.51 bits per heavy atom. The van der Waals surface area contributed by atoms with Gasteiger partial charge in [0.05, 0.1) is 0 Å². The van der Waals surface area contributed by atoms with E-state index in [4.69, 9.17) is 20.8 Å². The van der Waals surface area contributed by atoms with E-state index in [1.807, 2.05) is 24.3 Å². The number of aryl methyl sites for hydroxylation is 1. The molecule has 4 aromatic rings. The molecule has 1 N–H and O–H groups in total. The molecule has 1 aliphatic heterocycles. The summed E-state index contributed by atoms with van der Waals surface area (Å²) >= 11 is 6.06. The van der Waals surface area contributed by atoms with Gasteiger partial charge in [-0.1, -0.05) is 36.4 Å². The molecule has 0 atom stereocenters. The van der Waals surface area contributed by atoms with Gasteiger partial charge in [-0.2, -0.15) is 0 Å². The van der Waals surface area contributed by atoms with E-state index >= 15 is 0 Å². The van der Waals surface area contributed by atoms with Gasteiger partial charge in [0.15, 0.2) is 5.22 Å². The van der Waals surface area contributed by atoms with Crippen LogP contribution in [0.2, 0.25) is 5.22 Å². The van der Waals surface area contributed by atoms with Crippen LogP contribution >= 0.6 is 11.6 Å². The van der Waals surface area contributed by atoms with Crippen LogP contribution in [0, 0.1) is 0 Å². The number of fused-ring (bicyclic) bond motifs is 1. The molecule has 5 heteroatoms. The second kappa shape index (κ2) is 11.0. The Morgan fingerprint density at radius 1 is 0.971 bits per heavy atom. The molecule has 35 heavy (non-hydrogen) atoms. The van der Waals surface area contributed by atoms with E-state index in [1.165, 1.54) is 37.1 Å². The second-order valence-electron chi connectivity index (χ2n) is 9.11. The Kier molecular flexibility index (Phi) is 7.41. The zero-order valence-electron chi connectivity index (χ0n) is 19.8. The third-order valence-corrected chi connectivity index (χ3v) is 6.76. The van der Waals surface area contributed by atoms with Crippen LogP contribution in [0.15, 0.2) is 77.2 Å². The summed E-state index contributed by atoms with van der Waals surface area (Å²) in [5, 5.41) is 11.0. The van der Waals surface area contributed by atoms with Gasteiger partial charge in [-0.3, -0.25) is 4.90 Å². The number of phenolic OH excluding ortho intramolecular Hbond substituents is 1. The molecular weight excluding hydrogens is 458 g/mol. The normalized spacial score (nSPS) is 14.6. The summed E-state index contributed by atoms with van der Waals surface area (Å²) in [4.78, 5) is 2.46. The first-order valence-corrected chi connectivity index (χ1v) is 12.6. The van der Waals surface area contributed by atoms with Gasteiger partial charge in [0.1, 0.15) is 23.7 Å². The highest BCUT2D eigenvalue weighted by Crippen LogP contribution is 2.30. The van der Waals surface area contributed by atoms with Crippen LogP contribution in [0.3, 0.4) is 0 Å². The number of hydrogen-bond donors (Lipinski definition) is 1. The standard InChI is InChI=1S/C30H30ClNO3/c31-30-21-26-20-25(9-14-29(26)35-30)24(19-23-4-10-27(33)11-5-23)8-3-22-6-12-28(13-7-22)34-18-17-32-15-1-2-16-32/h4-7,9-14,19-21,33H,1-3,8,15-18H2. The summed E-state index contributed by atoms with van der Waals surface area (Å²) < 4.78 is 11.5. The molecule has 2 heterocycles. The van der Waals surface area contributed by atoms with Gasteiger partial charge in [-0.05, 0) is 109 Å². The molecule has 0 saturated carbocycles. The first-order chi connectivity index (χ1) is 17.1. The van der Waals surface area contributed by atoms with Crippen LogP contribution in [-0.2, 0) is 6.42 Å². The maximum absolute atomic E-state index is 9.66. The SMILES string of the molecule is Oc1ccc(C=C(CCc2ccc(OCCN3CCCC3)cc2)c2ccc3oc(Cl)cc3c2)cc1. The van der Waals surface area contributed by atoms with Crippen LogP contribution < -0.4 is 4.74 Å². The number of furan rings is 1. The van der Waals surface area contributed by atoms with E-state index in [-0.39, 0.29) is 5.75 Å². The van der Waals surface area contributed by atoms with E-state index in [0.29, 0.717) is 5.22 Å². The Hall–Kier alpha value is -3.21. The number of likely N-dealkylation sites (tertiary alicyclic amines) is 1. The molecule has 1 fully saturated rings. The van der Waals surface area contributed by atoms with E-state index in [1.54, 1.807) is 12.1 Å². The average molecular weight is 488 g/mol. The third-order valence-electron chi connectivity index (χ3n) is 6.57. The molecule has 0 unspecified atom stereocenters. The molecule has 180 valence electrons. The maximum atomic E-state index is 9.66. The molecule has 0 spiro atoms. The van der Waals surface area contributed by atoms with E-state index < -0.39 is 0 Å². The Balaban J connectivity index is 1.28. The number of aromatic hydroxyl groups is 1. The van der Waals surface area contributed by atoms with E-state index in [0.717, 1.165) is 53.8 Å². The first kappa shape index (κ1) is 23.5. The van der Waals surface area contributed by atoms with Crippen molar-refractivity contribution < 1.29 is 14.3 Å². The summed E-state index contributed by atoms with van der Waals surface area (Å²) in [6.07, 6.45) is 6.57. The molecule has 0 aliphatic carbocycles. The van der Waals surface area contributed by atoms with Crippen molar-refractivity contribution in [2.45, 2.75) is 25.7 Å². The van der Waals surface area contributed by atoms with Crippen molar-refractivity contribution in [1.29, 1.82) is 0 Å². The lowest BCUT2D eigenvalue weighted by atomic mass is 9.95. The van der Waals surface area contributed by atoms with Gasteiger partial charge in [0.2, 0.25) is 0 Å². The van der Waals surface area contributed by atoms with Crippen LogP contribution in [0.5, 0.6) is 11.5 Å². The molecule has 0 radical (unpaired) electrons. The molecule has 1 aliphatic rings. The van der Waals surface area contributed by atoms with Gasteiger partial charge >= 0.3 is 0 Å². The molecule has 0 amide bonds. The van der Waals surface area contributed by atoms with Crippen molar-refractivity contribution in [1.82, 2.24) is 4.90 Å². The van der Waals surface area contributed by atoms with Crippen molar-refractivity contribution in [2.24, 2.45) is 0 Å². The number of benzene rings is 3. The number of hydrogen-bond acceptors (Lipinski definition) is 4. The topological polar surface area (TPSA) is 45.8 Å². The van der Waals surface area contributed by atoms with Crippen molar-refractivity contribution in [3.63, 3.8) is 0 Å².